The van der Waals surface area contributed by atoms with Crippen molar-refractivity contribution in [2.24, 2.45) is 0 Å². The van der Waals surface area contributed by atoms with Crippen molar-refractivity contribution in [1.29, 1.82) is 0 Å². The fraction of sp³-hybridized carbons (Fsp3) is 0.212. The number of benzene rings is 4. The van der Waals surface area contributed by atoms with E-state index >= 15 is 0 Å². The molecule has 4 aromatic rings. The number of alkyl carbamates (subject to hydrolysis) is 1. The second-order valence-corrected chi connectivity index (χ2v) is 9.66. The van der Waals surface area contributed by atoms with E-state index in [1.807, 2.05) is 55.5 Å². The maximum Gasteiger partial charge on any atom is 0.407 e. The number of fused-ring (bicyclic) bond motifs is 3. The van der Waals surface area contributed by atoms with E-state index in [1.165, 1.54) is 6.07 Å². The monoisotopic (exact) mass is 555 g/mol. The first-order chi connectivity index (χ1) is 19.9. The molecule has 7 nitrogen and oxygen atoms in total. The first kappa shape index (κ1) is 27.7. The van der Waals surface area contributed by atoms with E-state index in [-0.39, 0.29) is 31.4 Å². The molecule has 0 aromatic heterocycles. The van der Waals surface area contributed by atoms with Crippen molar-refractivity contribution in [1.82, 2.24) is 5.32 Å². The predicted molar refractivity (Wildman–Crippen MR) is 152 cm³/mol. The summed E-state index contributed by atoms with van der Waals surface area (Å²) < 4.78 is 31.0. The minimum absolute atomic E-state index is 0.00675. The molecule has 0 aliphatic heterocycles. The molecule has 1 amide bonds. The number of nitrogens with one attached hydrogen (secondary N) is 1. The Hall–Kier alpha value is -4.85. The molecule has 1 unspecified atom stereocenters. The zero-order valence-corrected chi connectivity index (χ0v) is 22.5. The van der Waals surface area contributed by atoms with E-state index in [0.717, 1.165) is 22.3 Å². The van der Waals surface area contributed by atoms with Crippen LogP contribution in [0.1, 0.15) is 35.1 Å². The van der Waals surface area contributed by atoms with Crippen LogP contribution in [0.2, 0.25) is 0 Å². The molecule has 0 heterocycles. The molecule has 0 saturated carbocycles. The van der Waals surface area contributed by atoms with Crippen molar-refractivity contribution in [2.75, 3.05) is 13.2 Å². The maximum atomic E-state index is 14.0. The van der Waals surface area contributed by atoms with Crippen LogP contribution in [0.4, 0.5) is 9.18 Å². The van der Waals surface area contributed by atoms with E-state index < -0.39 is 18.1 Å². The Morgan fingerprint density at radius 2 is 1.54 bits per heavy atom. The number of halogens is 1. The summed E-state index contributed by atoms with van der Waals surface area (Å²) in [6, 6.07) is 26.1. The number of ether oxygens (including phenoxy) is 3. The second kappa shape index (κ2) is 12.6. The molecule has 1 aliphatic rings. The van der Waals surface area contributed by atoms with Crippen LogP contribution >= 0.6 is 0 Å². The molecule has 0 fully saturated rings. The molecule has 8 heteroatoms. The van der Waals surface area contributed by atoms with Gasteiger partial charge in [-0.1, -0.05) is 72.8 Å². The summed E-state index contributed by atoms with van der Waals surface area (Å²) in [7, 11) is 0. The van der Waals surface area contributed by atoms with Crippen LogP contribution in [-0.2, 0) is 22.6 Å². The number of carboxylic acid groups (broad SMARTS) is 1. The first-order valence-corrected chi connectivity index (χ1v) is 13.4. The van der Waals surface area contributed by atoms with Gasteiger partial charge >= 0.3 is 12.1 Å². The molecule has 0 saturated heterocycles. The van der Waals surface area contributed by atoms with Gasteiger partial charge in [0.1, 0.15) is 25.1 Å². The third-order valence-corrected chi connectivity index (χ3v) is 7.02. The van der Waals surface area contributed by atoms with Gasteiger partial charge in [0.05, 0.1) is 6.61 Å². The van der Waals surface area contributed by atoms with Crippen LogP contribution < -0.4 is 14.8 Å². The van der Waals surface area contributed by atoms with Gasteiger partial charge in [-0.2, -0.15) is 0 Å². The van der Waals surface area contributed by atoms with E-state index in [1.54, 1.807) is 36.4 Å². The normalized spacial score (nSPS) is 12.6. The SMILES string of the molecule is CCOc1cc(CC(NC(=O)OCC2c3ccccc3-c3ccccc32)C(=O)O)ccc1OCc1ccccc1F. The van der Waals surface area contributed by atoms with E-state index in [0.29, 0.717) is 29.2 Å². The number of rotatable bonds is 11. The van der Waals surface area contributed by atoms with Crippen LogP contribution in [0.25, 0.3) is 11.1 Å². The summed E-state index contributed by atoms with van der Waals surface area (Å²) >= 11 is 0. The van der Waals surface area contributed by atoms with Crippen LogP contribution in [-0.4, -0.2) is 36.4 Å². The number of amides is 1. The van der Waals surface area contributed by atoms with E-state index in [2.05, 4.69) is 5.32 Å². The van der Waals surface area contributed by atoms with Crippen molar-refractivity contribution in [2.45, 2.75) is 31.9 Å². The first-order valence-electron chi connectivity index (χ1n) is 13.4. The molecular formula is C33H30FNO6. The van der Waals surface area contributed by atoms with Crippen molar-refractivity contribution >= 4 is 12.1 Å². The Morgan fingerprint density at radius 3 is 2.20 bits per heavy atom. The standard InChI is InChI=1S/C33H30FNO6/c1-2-39-31-18-21(15-16-30(31)40-19-22-9-3-8-14-28(22)34)17-29(32(36)37)35-33(38)41-20-27-25-12-6-4-10-23(25)24-11-5-7-13-26(24)27/h3-16,18,27,29H,2,17,19-20H2,1H3,(H,35,38)(H,36,37). The fourth-order valence-corrected chi connectivity index (χ4v) is 5.06. The molecule has 1 aliphatic carbocycles. The Morgan fingerprint density at radius 1 is 0.878 bits per heavy atom. The quantitative estimate of drug-likeness (QED) is 0.224. The van der Waals surface area contributed by atoms with Crippen molar-refractivity contribution in [3.05, 3.63) is 119 Å². The lowest BCUT2D eigenvalue weighted by Gasteiger charge is -2.18. The molecule has 0 radical (unpaired) electrons. The summed E-state index contributed by atoms with van der Waals surface area (Å²) in [6.07, 6.45) is -0.818. The summed E-state index contributed by atoms with van der Waals surface area (Å²) in [5, 5.41) is 12.3. The highest BCUT2D eigenvalue weighted by Crippen LogP contribution is 2.44. The second-order valence-electron chi connectivity index (χ2n) is 9.66. The molecule has 1 atom stereocenters. The highest BCUT2D eigenvalue weighted by atomic mass is 19.1. The molecule has 210 valence electrons. The number of hydrogen-bond donors (Lipinski definition) is 2. The van der Waals surface area contributed by atoms with Gasteiger partial charge in [0, 0.05) is 17.9 Å². The average molecular weight is 556 g/mol. The highest BCUT2D eigenvalue weighted by Gasteiger charge is 2.30. The number of carboxylic acids is 1. The van der Waals surface area contributed by atoms with Crippen LogP contribution in [0.3, 0.4) is 0 Å². The molecule has 4 aromatic carbocycles. The van der Waals surface area contributed by atoms with Gasteiger partial charge in [-0.25, -0.2) is 14.0 Å². The topological polar surface area (TPSA) is 94.1 Å². The van der Waals surface area contributed by atoms with E-state index in [4.69, 9.17) is 14.2 Å². The Balaban J connectivity index is 1.23. The molecule has 2 N–H and O–H groups in total. The summed E-state index contributed by atoms with van der Waals surface area (Å²) in [4.78, 5) is 24.8. The number of carbonyl (C=O) groups excluding carboxylic acids is 1. The minimum atomic E-state index is -1.23. The van der Waals surface area contributed by atoms with Gasteiger partial charge < -0.3 is 24.6 Å². The summed E-state index contributed by atoms with van der Waals surface area (Å²) in [5.74, 6) is -0.911. The third kappa shape index (κ3) is 6.32. The third-order valence-electron chi connectivity index (χ3n) is 7.02. The zero-order chi connectivity index (χ0) is 28.8. The predicted octanol–water partition coefficient (Wildman–Crippen LogP) is 6.34. The van der Waals surface area contributed by atoms with Crippen molar-refractivity contribution in [3.63, 3.8) is 0 Å². The Bertz CT molecular complexity index is 1510. The van der Waals surface area contributed by atoms with Gasteiger partial charge in [0.25, 0.3) is 0 Å². The molecule has 41 heavy (non-hydrogen) atoms. The largest absolute Gasteiger partial charge is 0.490 e. The Labute approximate surface area is 237 Å². The fourth-order valence-electron chi connectivity index (χ4n) is 5.06. The Kier molecular flexibility index (Phi) is 8.48. The van der Waals surface area contributed by atoms with Gasteiger partial charge in [-0.15, -0.1) is 0 Å². The van der Waals surface area contributed by atoms with Gasteiger partial charge in [-0.3, -0.25) is 0 Å². The van der Waals surface area contributed by atoms with Gasteiger partial charge in [-0.05, 0) is 52.9 Å². The summed E-state index contributed by atoms with van der Waals surface area (Å²) in [6.45, 7) is 2.24. The molecule has 5 rings (SSSR count). The van der Waals surface area contributed by atoms with Crippen LogP contribution in [0.15, 0.2) is 91.0 Å². The van der Waals surface area contributed by atoms with Crippen molar-refractivity contribution < 1.29 is 33.3 Å². The van der Waals surface area contributed by atoms with Crippen LogP contribution in [0, 0.1) is 5.82 Å². The minimum Gasteiger partial charge on any atom is -0.490 e. The van der Waals surface area contributed by atoms with E-state index in [9.17, 15) is 19.1 Å². The smallest absolute Gasteiger partial charge is 0.407 e. The number of hydrogen-bond acceptors (Lipinski definition) is 5. The van der Waals surface area contributed by atoms with Gasteiger partial charge in [0.2, 0.25) is 0 Å². The summed E-state index contributed by atoms with van der Waals surface area (Å²) in [5.41, 5.74) is 5.35. The lowest BCUT2D eigenvalue weighted by Crippen LogP contribution is -2.42. The average Bonchev–Trinajstić information content (AvgIpc) is 3.30. The molecular weight excluding hydrogens is 525 g/mol. The lowest BCUT2D eigenvalue weighted by molar-refractivity contribution is -0.139. The van der Waals surface area contributed by atoms with Crippen LogP contribution in [0.5, 0.6) is 11.5 Å². The molecule has 0 bridgehead atoms. The zero-order valence-electron chi connectivity index (χ0n) is 22.5. The highest BCUT2D eigenvalue weighted by molar-refractivity contribution is 5.81. The van der Waals surface area contributed by atoms with Crippen molar-refractivity contribution in [3.8, 4) is 22.6 Å². The maximum absolute atomic E-state index is 14.0. The molecule has 0 spiro atoms. The van der Waals surface area contributed by atoms with Gasteiger partial charge in [0.15, 0.2) is 11.5 Å². The number of aliphatic carboxylic acids is 1. The number of carbonyl (C=O) groups is 2. The lowest BCUT2D eigenvalue weighted by atomic mass is 9.98.